The summed E-state index contributed by atoms with van der Waals surface area (Å²) >= 11 is 0. The molecule has 0 unspecified atom stereocenters. The van der Waals surface area contributed by atoms with Gasteiger partial charge in [0.15, 0.2) is 0 Å². The van der Waals surface area contributed by atoms with Gasteiger partial charge in [-0.05, 0) is 20.3 Å². The molecule has 0 fully saturated rings. The van der Waals surface area contributed by atoms with Gasteiger partial charge < -0.3 is 10.0 Å². The first kappa shape index (κ1) is 14.9. The van der Waals surface area contributed by atoms with E-state index in [1.165, 1.54) is 9.58 Å². The highest BCUT2D eigenvalue weighted by molar-refractivity contribution is 5.75. The third-order valence-corrected chi connectivity index (χ3v) is 2.70. The zero-order valence-electron chi connectivity index (χ0n) is 11.3. The molecule has 8 heteroatoms. The summed E-state index contributed by atoms with van der Waals surface area (Å²) in [4.78, 5) is 23.0. The number of carboxylic acid groups (broad SMARTS) is 1. The van der Waals surface area contributed by atoms with Gasteiger partial charge in [-0.15, -0.1) is 0 Å². The normalized spacial score (nSPS) is 10.5. The first-order valence-corrected chi connectivity index (χ1v) is 6.10. The van der Waals surface area contributed by atoms with Gasteiger partial charge in [-0.25, -0.2) is 4.68 Å². The Bertz CT molecular complexity index is 483. The molecular formula is C11H18N4O4. The standard InChI is InChI=1S/C11H18N4O4/c1-4-6-14-11(13(5-2)7-9(16)17)10(15(18)19)8(3)12-14/h4-7H2,1-3H3,(H,16,17). The maximum Gasteiger partial charge on any atom is 0.333 e. The number of aryl methyl sites for hydroxylation is 2. The van der Waals surface area contributed by atoms with Crippen LogP contribution in [-0.2, 0) is 11.3 Å². The highest BCUT2D eigenvalue weighted by Gasteiger charge is 2.29. The zero-order chi connectivity index (χ0) is 14.6. The highest BCUT2D eigenvalue weighted by Crippen LogP contribution is 2.31. The largest absolute Gasteiger partial charge is 0.480 e. The average Bonchev–Trinajstić information content (AvgIpc) is 2.63. The van der Waals surface area contributed by atoms with Crippen LogP contribution in [-0.4, -0.2) is 38.9 Å². The Morgan fingerprint density at radius 1 is 1.53 bits per heavy atom. The molecule has 0 atom stereocenters. The van der Waals surface area contributed by atoms with Crippen molar-refractivity contribution in [1.82, 2.24) is 9.78 Å². The van der Waals surface area contributed by atoms with E-state index < -0.39 is 10.9 Å². The SMILES string of the molecule is CCCn1nc(C)c([N+](=O)[O-])c1N(CC)CC(=O)O. The fourth-order valence-electron chi connectivity index (χ4n) is 1.95. The van der Waals surface area contributed by atoms with E-state index in [4.69, 9.17) is 5.11 Å². The van der Waals surface area contributed by atoms with Gasteiger partial charge in [0, 0.05) is 13.1 Å². The Morgan fingerprint density at radius 3 is 2.58 bits per heavy atom. The van der Waals surface area contributed by atoms with E-state index >= 15 is 0 Å². The molecule has 1 aromatic rings. The Kier molecular flexibility index (Phi) is 4.85. The third kappa shape index (κ3) is 3.21. The van der Waals surface area contributed by atoms with Crippen LogP contribution in [0.5, 0.6) is 0 Å². The number of carboxylic acids is 1. The number of carbonyl (C=O) groups is 1. The van der Waals surface area contributed by atoms with Crippen LogP contribution in [0.4, 0.5) is 11.5 Å². The number of hydrogen-bond donors (Lipinski definition) is 1. The van der Waals surface area contributed by atoms with Gasteiger partial charge >= 0.3 is 11.7 Å². The summed E-state index contributed by atoms with van der Waals surface area (Å²) in [5, 5.41) is 24.2. The molecule has 0 spiro atoms. The summed E-state index contributed by atoms with van der Waals surface area (Å²) < 4.78 is 1.51. The Labute approximate surface area is 110 Å². The number of aromatic nitrogens is 2. The molecule has 1 aromatic heterocycles. The van der Waals surface area contributed by atoms with Crippen molar-refractivity contribution in [1.29, 1.82) is 0 Å². The zero-order valence-corrected chi connectivity index (χ0v) is 11.3. The van der Waals surface area contributed by atoms with E-state index in [1.807, 2.05) is 6.92 Å². The van der Waals surface area contributed by atoms with Crippen LogP contribution in [0.15, 0.2) is 0 Å². The van der Waals surface area contributed by atoms with E-state index in [1.54, 1.807) is 13.8 Å². The van der Waals surface area contributed by atoms with Crippen LogP contribution in [0.25, 0.3) is 0 Å². The predicted molar refractivity (Wildman–Crippen MR) is 69.4 cm³/mol. The topological polar surface area (TPSA) is 101 Å². The molecule has 1 heterocycles. The molecule has 0 saturated carbocycles. The van der Waals surface area contributed by atoms with Crippen molar-refractivity contribution >= 4 is 17.5 Å². The molecule has 0 aliphatic rings. The van der Waals surface area contributed by atoms with Crippen LogP contribution in [0.3, 0.4) is 0 Å². The van der Waals surface area contributed by atoms with Crippen LogP contribution >= 0.6 is 0 Å². The first-order valence-electron chi connectivity index (χ1n) is 6.10. The van der Waals surface area contributed by atoms with Crippen molar-refractivity contribution < 1.29 is 14.8 Å². The molecule has 0 saturated heterocycles. The molecule has 19 heavy (non-hydrogen) atoms. The van der Waals surface area contributed by atoms with Gasteiger partial charge in [-0.1, -0.05) is 6.92 Å². The van der Waals surface area contributed by atoms with Crippen molar-refractivity contribution in [2.24, 2.45) is 0 Å². The maximum absolute atomic E-state index is 11.1. The quantitative estimate of drug-likeness (QED) is 0.594. The summed E-state index contributed by atoms with van der Waals surface area (Å²) in [5.74, 6) is -0.757. The molecule has 1 N–H and O–H groups in total. The van der Waals surface area contributed by atoms with Gasteiger partial charge in [-0.2, -0.15) is 5.10 Å². The van der Waals surface area contributed by atoms with Gasteiger partial charge in [0.2, 0.25) is 5.82 Å². The molecule has 0 radical (unpaired) electrons. The summed E-state index contributed by atoms with van der Waals surface area (Å²) in [7, 11) is 0. The van der Waals surface area contributed by atoms with E-state index in [-0.39, 0.29) is 18.1 Å². The molecule has 0 amide bonds. The number of anilines is 1. The fourth-order valence-corrected chi connectivity index (χ4v) is 1.95. The molecule has 106 valence electrons. The van der Waals surface area contributed by atoms with Gasteiger partial charge in [0.1, 0.15) is 12.2 Å². The van der Waals surface area contributed by atoms with Crippen LogP contribution in [0.1, 0.15) is 26.0 Å². The maximum atomic E-state index is 11.1. The van der Waals surface area contributed by atoms with E-state index in [0.29, 0.717) is 18.8 Å². The molecule has 0 aliphatic heterocycles. The van der Waals surface area contributed by atoms with E-state index in [0.717, 1.165) is 6.42 Å². The second-order valence-corrected chi connectivity index (χ2v) is 4.15. The molecular weight excluding hydrogens is 252 g/mol. The third-order valence-electron chi connectivity index (χ3n) is 2.70. The van der Waals surface area contributed by atoms with Crippen molar-refractivity contribution in [3.05, 3.63) is 15.8 Å². The number of likely N-dealkylation sites (N-methyl/N-ethyl adjacent to an activating group) is 1. The second kappa shape index (κ2) is 6.17. The first-order chi connectivity index (χ1) is 8.92. The highest BCUT2D eigenvalue weighted by atomic mass is 16.6. The predicted octanol–water partition coefficient (Wildman–Crippen LogP) is 1.42. The van der Waals surface area contributed by atoms with Crippen LogP contribution < -0.4 is 4.90 Å². The van der Waals surface area contributed by atoms with Gasteiger partial charge in [0.25, 0.3) is 0 Å². The molecule has 1 rings (SSSR count). The van der Waals surface area contributed by atoms with Gasteiger partial charge in [0.05, 0.1) is 4.92 Å². The summed E-state index contributed by atoms with van der Waals surface area (Å²) in [5.41, 5.74) is 0.189. The monoisotopic (exact) mass is 270 g/mol. The summed E-state index contributed by atoms with van der Waals surface area (Å²) in [6.07, 6.45) is 0.760. The van der Waals surface area contributed by atoms with E-state index in [2.05, 4.69) is 5.10 Å². The lowest BCUT2D eigenvalue weighted by Gasteiger charge is -2.20. The number of rotatable bonds is 7. The number of nitrogens with zero attached hydrogens (tertiary/aromatic N) is 4. The lowest BCUT2D eigenvalue weighted by molar-refractivity contribution is -0.384. The summed E-state index contributed by atoms with van der Waals surface area (Å²) in [6, 6.07) is 0. The smallest absolute Gasteiger partial charge is 0.333 e. The van der Waals surface area contributed by atoms with Crippen molar-refractivity contribution in [2.75, 3.05) is 18.0 Å². The Hall–Kier alpha value is -2.12. The number of aliphatic carboxylic acids is 1. The number of hydrogen-bond acceptors (Lipinski definition) is 5. The minimum atomic E-state index is -1.03. The van der Waals surface area contributed by atoms with Crippen molar-refractivity contribution in [3.63, 3.8) is 0 Å². The Morgan fingerprint density at radius 2 is 2.16 bits per heavy atom. The second-order valence-electron chi connectivity index (χ2n) is 4.15. The van der Waals surface area contributed by atoms with Crippen LogP contribution in [0, 0.1) is 17.0 Å². The molecule has 0 aliphatic carbocycles. The molecule has 0 aromatic carbocycles. The molecule has 0 bridgehead atoms. The average molecular weight is 270 g/mol. The van der Waals surface area contributed by atoms with E-state index in [9.17, 15) is 14.9 Å². The minimum absolute atomic E-state index is 0.114. The van der Waals surface area contributed by atoms with Crippen molar-refractivity contribution in [2.45, 2.75) is 33.7 Å². The summed E-state index contributed by atoms with van der Waals surface area (Å²) in [6.45, 7) is 5.84. The minimum Gasteiger partial charge on any atom is -0.480 e. The van der Waals surface area contributed by atoms with Gasteiger partial charge in [-0.3, -0.25) is 14.9 Å². The lowest BCUT2D eigenvalue weighted by Crippen LogP contribution is -2.32. The fraction of sp³-hybridized carbons (Fsp3) is 0.636. The Balaban J connectivity index is 3.33. The molecule has 8 nitrogen and oxygen atoms in total. The number of nitro groups is 1. The van der Waals surface area contributed by atoms with Crippen LogP contribution in [0.2, 0.25) is 0 Å². The van der Waals surface area contributed by atoms with Crippen molar-refractivity contribution in [3.8, 4) is 0 Å². The lowest BCUT2D eigenvalue weighted by atomic mass is 10.3.